The monoisotopic (exact) mass is 182 g/mol. The summed E-state index contributed by atoms with van der Waals surface area (Å²) in [6.07, 6.45) is 5.79. The van der Waals surface area contributed by atoms with Crippen LogP contribution in [0.1, 0.15) is 29.1 Å². The molecule has 12 heavy (non-hydrogen) atoms. The topological polar surface area (TPSA) is 38.9 Å². The smallest absolute Gasteiger partial charge is 0.0896 e. The van der Waals surface area contributed by atoms with E-state index in [1.807, 2.05) is 17.5 Å². The fourth-order valence-corrected chi connectivity index (χ4v) is 2.71. The van der Waals surface area contributed by atoms with Crippen LogP contribution in [0.15, 0.2) is 6.20 Å². The van der Waals surface area contributed by atoms with Gasteiger partial charge in [0.2, 0.25) is 0 Å². The molecule has 0 aromatic carbocycles. The minimum atomic E-state index is 0.445. The van der Waals surface area contributed by atoms with E-state index in [0.717, 1.165) is 13.0 Å². The van der Waals surface area contributed by atoms with Gasteiger partial charge in [-0.05, 0) is 32.7 Å². The summed E-state index contributed by atoms with van der Waals surface area (Å²) in [6.45, 7) is 2.86. The van der Waals surface area contributed by atoms with Gasteiger partial charge in [-0.3, -0.25) is 0 Å². The van der Waals surface area contributed by atoms with Crippen molar-refractivity contribution in [2.45, 2.75) is 31.6 Å². The first-order valence-electron chi connectivity index (χ1n) is 4.40. The molecule has 0 radical (unpaired) electrons. The molecule has 0 bridgehead atoms. The van der Waals surface area contributed by atoms with Gasteiger partial charge in [-0.1, -0.05) is 0 Å². The van der Waals surface area contributed by atoms with Crippen molar-refractivity contribution in [1.82, 2.24) is 4.98 Å². The van der Waals surface area contributed by atoms with Crippen LogP contribution in [0, 0.1) is 6.92 Å². The molecule has 1 aromatic heterocycles. The molecule has 3 heteroatoms. The maximum Gasteiger partial charge on any atom is 0.0896 e. The van der Waals surface area contributed by atoms with E-state index < -0.39 is 0 Å². The first-order valence-corrected chi connectivity index (χ1v) is 5.21. The molecule has 0 saturated heterocycles. The number of rotatable bonds is 3. The van der Waals surface area contributed by atoms with Gasteiger partial charge in [0, 0.05) is 16.5 Å². The van der Waals surface area contributed by atoms with Crippen molar-refractivity contribution in [3.63, 3.8) is 0 Å². The van der Waals surface area contributed by atoms with E-state index in [2.05, 4.69) is 11.9 Å². The predicted molar refractivity (Wildman–Crippen MR) is 51.4 cm³/mol. The SMILES string of the molecule is Cc1ncc(C2(CCN)CC2)s1. The van der Waals surface area contributed by atoms with Crippen molar-refractivity contribution in [3.8, 4) is 0 Å². The van der Waals surface area contributed by atoms with Crippen molar-refractivity contribution in [3.05, 3.63) is 16.1 Å². The maximum atomic E-state index is 5.58. The Balaban J connectivity index is 2.18. The molecule has 1 aliphatic rings. The van der Waals surface area contributed by atoms with E-state index in [1.165, 1.54) is 22.7 Å². The second kappa shape index (κ2) is 2.82. The van der Waals surface area contributed by atoms with E-state index in [0.29, 0.717) is 5.41 Å². The standard InChI is InChI=1S/C9H14N2S/c1-7-11-6-8(12-7)9(2-3-9)4-5-10/h6H,2-5,10H2,1H3. The molecule has 2 N–H and O–H groups in total. The largest absolute Gasteiger partial charge is 0.330 e. The third kappa shape index (κ3) is 1.27. The Bertz CT molecular complexity index is 276. The molecule has 0 unspecified atom stereocenters. The van der Waals surface area contributed by atoms with E-state index in [1.54, 1.807) is 0 Å². The van der Waals surface area contributed by atoms with E-state index in [4.69, 9.17) is 5.73 Å². The normalized spacial score (nSPS) is 19.5. The summed E-state index contributed by atoms with van der Waals surface area (Å²) < 4.78 is 0. The van der Waals surface area contributed by atoms with Crippen LogP contribution in [0.2, 0.25) is 0 Å². The van der Waals surface area contributed by atoms with Crippen molar-refractivity contribution >= 4 is 11.3 Å². The summed E-state index contributed by atoms with van der Waals surface area (Å²) in [7, 11) is 0. The van der Waals surface area contributed by atoms with Crippen molar-refractivity contribution in [2.75, 3.05) is 6.54 Å². The number of hydrogen-bond donors (Lipinski definition) is 1. The number of nitrogens with two attached hydrogens (primary N) is 1. The van der Waals surface area contributed by atoms with Crippen LogP contribution in [0.5, 0.6) is 0 Å². The van der Waals surface area contributed by atoms with Gasteiger partial charge >= 0.3 is 0 Å². The van der Waals surface area contributed by atoms with Gasteiger partial charge in [-0.2, -0.15) is 0 Å². The lowest BCUT2D eigenvalue weighted by atomic mass is 10.0. The third-order valence-electron chi connectivity index (χ3n) is 2.62. The fraction of sp³-hybridized carbons (Fsp3) is 0.667. The summed E-state index contributed by atoms with van der Waals surface area (Å²) in [6, 6.07) is 0. The minimum absolute atomic E-state index is 0.445. The third-order valence-corrected chi connectivity index (χ3v) is 3.78. The van der Waals surface area contributed by atoms with Crippen LogP contribution < -0.4 is 5.73 Å². The first-order chi connectivity index (χ1) is 5.77. The fourth-order valence-electron chi connectivity index (χ4n) is 1.65. The number of thiazole rings is 1. The lowest BCUT2D eigenvalue weighted by Gasteiger charge is -2.09. The summed E-state index contributed by atoms with van der Waals surface area (Å²) in [5.41, 5.74) is 6.03. The van der Waals surface area contributed by atoms with Crippen LogP contribution in [0.3, 0.4) is 0 Å². The summed E-state index contributed by atoms with van der Waals surface area (Å²) in [5, 5.41) is 1.17. The predicted octanol–water partition coefficient (Wildman–Crippen LogP) is 1.83. The van der Waals surface area contributed by atoms with E-state index >= 15 is 0 Å². The second-order valence-electron chi connectivity index (χ2n) is 3.56. The van der Waals surface area contributed by atoms with Gasteiger partial charge < -0.3 is 5.73 Å². The van der Waals surface area contributed by atoms with Crippen molar-refractivity contribution in [1.29, 1.82) is 0 Å². The zero-order valence-electron chi connectivity index (χ0n) is 7.34. The maximum absolute atomic E-state index is 5.58. The molecule has 2 nitrogen and oxygen atoms in total. The molecule has 1 heterocycles. The first kappa shape index (κ1) is 8.20. The van der Waals surface area contributed by atoms with Gasteiger partial charge in [0.25, 0.3) is 0 Å². The highest BCUT2D eigenvalue weighted by atomic mass is 32.1. The van der Waals surface area contributed by atoms with Crippen LogP contribution >= 0.6 is 11.3 Å². The molecule has 0 atom stereocenters. The van der Waals surface area contributed by atoms with Crippen LogP contribution in [0.25, 0.3) is 0 Å². The van der Waals surface area contributed by atoms with Gasteiger partial charge in [-0.15, -0.1) is 11.3 Å². The summed E-state index contributed by atoms with van der Waals surface area (Å²) in [5.74, 6) is 0. The zero-order valence-corrected chi connectivity index (χ0v) is 8.16. The number of nitrogens with zero attached hydrogens (tertiary/aromatic N) is 1. The second-order valence-corrected chi connectivity index (χ2v) is 4.80. The van der Waals surface area contributed by atoms with E-state index in [-0.39, 0.29) is 0 Å². The van der Waals surface area contributed by atoms with Crippen molar-refractivity contribution in [2.24, 2.45) is 5.73 Å². The van der Waals surface area contributed by atoms with Crippen LogP contribution in [0.4, 0.5) is 0 Å². The van der Waals surface area contributed by atoms with Gasteiger partial charge in [0.05, 0.1) is 5.01 Å². The van der Waals surface area contributed by atoms with Gasteiger partial charge in [0.1, 0.15) is 0 Å². The Morgan fingerprint density at radius 2 is 2.42 bits per heavy atom. The summed E-state index contributed by atoms with van der Waals surface area (Å²) in [4.78, 5) is 5.73. The van der Waals surface area contributed by atoms with Crippen LogP contribution in [-0.4, -0.2) is 11.5 Å². The number of aryl methyl sites for hydroxylation is 1. The Labute approximate surface area is 76.8 Å². The molecule has 1 aromatic rings. The van der Waals surface area contributed by atoms with Gasteiger partial charge in [0.15, 0.2) is 0 Å². The zero-order chi connectivity index (χ0) is 8.60. The molecule has 2 rings (SSSR count). The highest BCUT2D eigenvalue weighted by Gasteiger charge is 2.44. The van der Waals surface area contributed by atoms with Crippen LogP contribution in [-0.2, 0) is 5.41 Å². The molecular formula is C9H14N2S. The lowest BCUT2D eigenvalue weighted by Crippen LogP contribution is -2.11. The van der Waals surface area contributed by atoms with Gasteiger partial charge in [-0.25, -0.2) is 4.98 Å². The Kier molecular flexibility index (Phi) is 1.93. The lowest BCUT2D eigenvalue weighted by molar-refractivity contribution is 0.639. The Morgan fingerprint density at radius 3 is 2.83 bits per heavy atom. The summed E-state index contributed by atoms with van der Waals surface area (Å²) >= 11 is 1.83. The number of hydrogen-bond acceptors (Lipinski definition) is 3. The molecular weight excluding hydrogens is 168 g/mol. The molecule has 1 fully saturated rings. The average Bonchev–Trinajstić information content (AvgIpc) is 2.69. The Hall–Kier alpha value is -0.410. The number of aromatic nitrogens is 1. The molecule has 66 valence electrons. The molecule has 1 aliphatic carbocycles. The molecule has 0 spiro atoms. The quantitative estimate of drug-likeness (QED) is 0.774. The molecule has 1 saturated carbocycles. The van der Waals surface area contributed by atoms with E-state index in [9.17, 15) is 0 Å². The molecule has 0 aliphatic heterocycles. The Morgan fingerprint density at radius 1 is 1.67 bits per heavy atom. The average molecular weight is 182 g/mol. The van der Waals surface area contributed by atoms with Crippen molar-refractivity contribution < 1.29 is 0 Å². The highest BCUT2D eigenvalue weighted by Crippen LogP contribution is 2.52. The highest BCUT2D eigenvalue weighted by molar-refractivity contribution is 7.11. The minimum Gasteiger partial charge on any atom is -0.330 e. The molecule has 0 amide bonds.